The van der Waals surface area contributed by atoms with Crippen molar-refractivity contribution in [2.45, 2.75) is 19.8 Å². The molecule has 4 rings (SSSR count). The van der Waals surface area contributed by atoms with Gasteiger partial charge in [0.1, 0.15) is 11.5 Å². The molecule has 154 valence electrons. The van der Waals surface area contributed by atoms with Crippen molar-refractivity contribution in [1.82, 2.24) is 4.90 Å². The summed E-state index contributed by atoms with van der Waals surface area (Å²) in [6, 6.07) is 25.7. The number of anilines is 1. The van der Waals surface area contributed by atoms with Gasteiger partial charge >= 0.3 is 0 Å². The lowest BCUT2D eigenvalue weighted by atomic mass is 9.86. The highest BCUT2D eigenvalue weighted by atomic mass is 16.5. The Bertz CT molecular complexity index is 953. The van der Waals surface area contributed by atoms with E-state index in [2.05, 4.69) is 18.7 Å². The Labute approximate surface area is 178 Å². The van der Waals surface area contributed by atoms with Crippen molar-refractivity contribution in [3.8, 4) is 11.5 Å². The van der Waals surface area contributed by atoms with Gasteiger partial charge in [-0.1, -0.05) is 68.4 Å². The number of nitrogens with zero attached hydrogens (tertiary/aromatic N) is 2. The molecule has 4 heteroatoms. The van der Waals surface area contributed by atoms with E-state index in [1.807, 2.05) is 83.8 Å². The average Bonchev–Trinajstić information content (AvgIpc) is 2.80. The monoisotopic (exact) mass is 400 g/mol. The summed E-state index contributed by atoms with van der Waals surface area (Å²) >= 11 is 0. The average molecular weight is 401 g/mol. The molecule has 3 aromatic rings. The van der Waals surface area contributed by atoms with Crippen molar-refractivity contribution in [3.63, 3.8) is 0 Å². The number of para-hydroxylation sites is 3. The first kappa shape index (κ1) is 20.2. The van der Waals surface area contributed by atoms with Gasteiger partial charge in [0.2, 0.25) is 5.91 Å². The number of ether oxygens (including phenoxy) is 1. The molecule has 0 N–H and O–H groups in total. The second-order valence-corrected chi connectivity index (χ2v) is 7.46. The third-order valence-electron chi connectivity index (χ3n) is 5.80. The maximum Gasteiger partial charge on any atom is 0.239 e. The molecule has 3 aromatic carbocycles. The molecular weight excluding hydrogens is 372 g/mol. The molecule has 1 aliphatic heterocycles. The van der Waals surface area contributed by atoms with Crippen LogP contribution in [0.2, 0.25) is 0 Å². The highest BCUT2D eigenvalue weighted by Gasteiger charge is 2.35. The third kappa shape index (κ3) is 3.96. The molecule has 0 radical (unpaired) electrons. The predicted molar refractivity (Wildman–Crippen MR) is 121 cm³/mol. The van der Waals surface area contributed by atoms with Crippen LogP contribution in [0.25, 0.3) is 0 Å². The second kappa shape index (κ2) is 9.14. The lowest BCUT2D eigenvalue weighted by Gasteiger charge is -2.33. The third-order valence-corrected chi connectivity index (χ3v) is 5.80. The summed E-state index contributed by atoms with van der Waals surface area (Å²) < 4.78 is 6.10. The zero-order valence-electron chi connectivity index (χ0n) is 17.6. The summed E-state index contributed by atoms with van der Waals surface area (Å²) in [5, 5.41) is 0. The van der Waals surface area contributed by atoms with Crippen LogP contribution in [0, 0.1) is 0 Å². The van der Waals surface area contributed by atoms with Crippen LogP contribution in [0.15, 0.2) is 78.9 Å². The Hall–Kier alpha value is -3.11. The molecule has 0 spiro atoms. The molecule has 0 saturated heterocycles. The summed E-state index contributed by atoms with van der Waals surface area (Å²) in [7, 11) is 0. The smallest absolute Gasteiger partial charge is 0.239 e. The fourth-order valence-electron chi connectivity index (χ4n) is 4.09. The maximum atomic E-state index is 14.1. The molecule has 1 heterocycles. The van der Waals surface area contributed by atoms with Gasteiger partial charge in [-0.25, -0.2) is 0 Å². The molecule has 4 nitrogen and oxygen atoms in total. The molecule has 1 aliphatic rings. The van der Waals surface area contributed by atoms with Crippen LogP contribution in [0.1, 0.15) is 30.9 Å². The highest BCUT2D eigenvalue weighted by molar-refractivity contribution is 6.01. The summed E-state index contributed by atoms with van der Waals surface area (Å²) in [6.45, 7) is 7.73. The summed E-state index contributed by atoms with van der Waals surface area (Å²) in [4.78, 5) is 18.3. The van der Waals surface area contributed by atoms with Crippen LogP contribution in [0.4, 0.5) is 5.69 Å². The number of rotatable bonds is 7. The van der Waals surface area contributed by atoms with Gasteiger partial charge < -0.3 is 14.5 Å². The number of amides is 1. The first-order chi connectivity index (χ1) is 14.7. The Morgan fingerprint density at radius 3 is 1.87 bits per heavy atom. The largest absolute Gasteiger partial charge is 0.457 e. The molecule has 0 aromatic heterocycles. The van der Waals surface area contributed by atoms with E-state index >= 15 is 0 Å². The summed E-state index contributed by atoms with van der Waals surface area (Å²) in [5.74, 6) is 1.21. The molecule has 0 unspecified atom stereocenters. The van der Waals surface area contributed by atoms with Gasteiger partial charge in [0.15, 0.2) is 0 Å². The van der Waals surface area contributed by atoms with Crippen molar-refractivity contribution in [2.24, 2.45) is 0 Å². The Morgan fingerprint density at radius 2 is 1.30 bits per heavy atom. The second-order valence-electron chi connectivity index (χ2n) is 7.46. The number of hydrogen-bond donors (Lipinski definition) is 0. The van der Waals surface area contributed by atoms with Gasteiger partial charge in [0.25, 0.3) is 0 Å². The van der Waals surface area contributed by atoms with Crippen LogP contribution in [0.3, 0.4) is 0 Å². The normalized spacial score (nSPS) is 12.8. The number of hydrogen-bond acceptors (Lipinski definition) is 3. The SMILES string of the molecule is CCN(CC)CCN(C(=O)C1c2ccccc2Oc2ccccc21)c1ccccc1. The van der Waals surface area contributed by atoms with Gasteiger partial charge in [-0.05, 0) is 37.4 Å². The van der Waals surface area contributed by atoms with E-state index < -0.39 is 0 Å². The number of benzene rings is 3. The zero-order chi connectivity index (χ0) is 20.9. The number of carbonyl (C=O) groups is 1. The van der Waals surface area contributed by atoms with Crippen molar-refractivity contribution >= 4 is 11.6 Å². The van der Waals surface area contributed by atoms with E-state index in [-0.39, 0.29) is 11.8 Å². The lowest BCUT2D eigenvalue weighted by Crippen LogP contribution is -2.42. The summed E-state index contributed by atoms with van der Waals surface area (Å²) in [6.07, 6.45) is 0. The van der Waals surface area contributed by atoms with Crippen molar-refractivity contribution < 1.29 is 9.53 Å². The standard InChI is InChI=1S/C26H28N2O2/c1-3-27(4-2)18-19-28(20-12-6-5-7-13-20)26(29)25-21-14-8-10-16-23(21)30-24-17-11-9-15-22(24)25/h5-17,25H,3-4,18-19H2,1-2H3. The zero-order valence-corrected chi connectivity index (χ0v) is 17.6. The molecule has 0 aliphatic carbocycles. The van der Waals surface area contributed by atoms with Crippen LogP contribution in [-0.4, -0.2) is 37.0 Å². The first-order valence-electron chi connectivity index (χ1n) is 10.7. The highest BCUT2D eigenvalue weighted by Crippen LogP contribution is 2.45. The van der Waals surface area contributed by atoms with Gasteiger partial charge in [0.05, 0.1) is 5.92 Å². The van der Waals surface area contributed by atoms with Crippen LogP contribution in [0.5, 0.6) is 11.5 Å². The number of fused-ring (bicyclic) bond motifs is 2. The van der Waals surface area contributed by atoms with Crippen molar-refractivity contribution in [1.29, 1.82) is 0 Å². The van der Waals surface area contributed by atoms with E-state index in [1.165, 1.54) is 0 Å². The minimum atomic E-state index is -0.386. The molecule has 0 bridgehead atoms. The number of likely N-dealkylation sites (N-methyl/N-ethyl adjacent to an activating group) is 1. The van der Waals surface area contributed by atoms with E-state index in [4.69, 9.17) is 4.74 Å². The minimum absolute atomic E-state index is 0.0801. The van der Waals surface area contributed by atoms with E-state index in [1.54, 1.807) is 0 Å². The fraction of sp³-hybridized carbons (Fsp3) is 0.269. The molecule has 0 atom stereocenters. The van der Waals surface area contributed by atoms with Crippen LogP contribution < -0.4 is 9.64 Å². The van der Waals surface area contributed by atoms with Gasteiger partial charge in [-0.15, -0.1) is 0 Å². The lowest BCUT2D eigenvalue weighted by molar-refractivity contribution is -0.119. The van der Waals surface area contributed by atoms with Gasteiger partial charge in [-0.3, -0.25) is 4.79 Å². The Kier molecular flexibility index (Phi) is 6.15. The molecule has 30 heavy (non-hydrogen) atoms. The molecule has 0 saturated carbocycles. The van der Waals surface area contributed by atoms with Crippen molar-refractivity contribution in [2.75, 3.05) is 31.1 Å². The first-order valence-corrected chi connectivity index (χ1v) is 10.7. The van der Waals surface area contributed by atoms with Crippen molar-refractivity contribution in [3.05, 3.63) is 90.0 Å². The molecule has 1 amide bonds. The molecular formula is C26H28N2O2. The molecule has 0 fully saturated rings. The minimum Gasteiger partial charge on any atom is -0.457 e. The topological polar surface area (TPSA) is 32.8 Å². The van der Waals surface area contributed by atoms with E-state index in [0.29, 0.717) is 6.54 Å². The Balaban J connectivity index is 1.74. The Morgan fingerprint density at radius 1 is 0.767 bits per heavy atom. The van der Waals surface area contributed by atoms with Gasteiger partial charge in [0, 0.05) is 29.9 Å². The van der Waals surface area contributed by atoms with Crippen LogP contribution >= 0.6 is 0 Å². The predicted octanol–water partition coefficient (Wildman–Crippen LogP) is 5.30. The van der Waals surface area contributed by atoms with E-state index in [9.17, 15) is 4.79 Å². The fourth-order valence-corrected chi connectivity index (χ4v) is 4.09. The van der Waals surface area contributed by atoms with Crippen LogP contribution in [-0.2, 0) is 4.79 Å². The summed E-state index contributed by atoms with van der Waals surface area (Å²) in [5.41, 5.74) is 2.77. The van der Waals surface area contributed by atoms with E-state index in [0.717, 1.165) is 47.9 Å². The van der Waals surface area contributed by atoms with Gasteiger partial charge in [-0.2, -0.15) is 0 Å². The maximum absolute atomic E-state index is 14.1. The quantitative estimate of drug-likeness (QED) is 0.540. The number of carbonyl (C=O) groups excluding carboxylic acids is 1.